The molecule has 0 aliphatic rings. The molecule has 1 N–H and O–H groups in total. The van der Waals surface area contributed by atoms with Crippen LogP contribution in [0, 0.1) is 5.92 Å². The van der Waals surface area contributed by atoms with Gasteiger partial charge in [-0.25, -0.2) is 4.79 Å². The second kappa shape index (κ2) is 15.6. The van der Waals surface area contributed by atoms with E-state index in [0.29, 0.717) is 12.8 Å². The van der Waals surface area contributed by atoms with Crippen molar-refractivity contribution in [2.45, 2.75) is 77.7 Å². The molecule has 0 fully saturated rings. The van der Waals surface area contributed by atoms with Crippen LogP contribution in [0.25, 0.3) is 0 Å². The normalized spacial score (nSPS) is 14.0. The average molecular weight is 319 g/mol. The number of hydrogen-bond acceptors (Lipinski definition) is 3. The fraction of sp³-hybridized carbons (Fsp3) is 0.765. The Hall–Kier alpha value is -0.320. The molecule has 0 aromatic rings. The fourth-order valence-corrected chi connectivity index (χ4v) is 2.14. The van der Waals surface area contributed by atoms with Crippen molar-refractivity contribution < 1.29 is 44.6 Å². The van der Waals surface area contributed by atoms with Crippen molar-refractivity contribution in [1.82, 2.24) is 0 Å². The molecule has 0 radical (unpaired) electrons. The summed E-state index contributed by atoms with van der Waals surface area (Å²) in [6, 6.07) is -0.888. The summed E-state index contributed by atoms with van der Waals surface area (Å²) in [5.41, 5.74) is 0. The average Bonchev–Trinajstić information content (AvgIpc) is 2.46. The van der Waals surface area contributed by atoms with Crippen LogP contribution in [0.1, 0.15) is 71.6 Å². The number of nitrogens with zero attached hydrogens (tertiary/aromatic N) is 1. The SMILES string of the molecule is C=CCCCCCCCCC([O-])=N[C@H](C(=O)O)[C@@H](C)CC.[Na+]. The number of carboxylic acid groups (broad SMARTS) is 1. The van der Waals surface area contributed by atoms with Crippen LogP contribution in [0.3, 0.4) is 0 Å². The van der Waals surface area contributed by atoms with Crippen molar-refractivity contribution in [3.05, 3.63) is 12.7 Å². The monoisotopic (exact) mass is 319 g/mol. The van der Waals surface area contributed by atoms with Gasteiger partial charge in [-0.3, -0.25) is 4.99 Å². The molecule has 0 aromatic carbocycles. The van der Waals surface area contributed by atoms with Gasteiger partial charge >= 0.3 is 35.5 Å². The molecule has 5 heteroatoms. The molecule has 0 aliphatic carbocycles. The second-order valence-corrected chi connectivity index (χ2v) is 5.64. The quantitative estimate of drug-likeness (QED) is 0.177. The van der Waals surface area contributed by atoms with Gasteiger partial charge in [-0.2, -0.15) is 0 Å². The molecule has 0 saturated carbocycles. The molecular weight excluding hydrogens is 289 g/mol. The molecule has 0 bridgehead atoms. The van der Waals surface area contributed by atoms with Gasteiger partial charge in [-0.1, -0.05) is 52.0 Å². The Morgan fingerprint density at radius 2 is 1.77 bits per heavy atom. The Bertz CT molecular complexity index is 332. The molecule has 0 amide bonds. The first kappa shape index (κ1) is 23.9. The summed E-state index contributed by atoms with van der Waals surface area (Å²) in [5, 5.41) is 20.8. The van der Waals surface area contributed by atoms with Gasteiger partial charge in [0.05, 0.1) is 0 Å². The summed E-state index contributed by atoms with van der Waals surface area (Å²) in [6.07, 6.45) is 10.6. The molecular formula is C17H30NNaO3. The van der Waals surface area contributed by atoms with E-state index in [1.165, 1.54) is 19.3 Å². The third kappa shape index (κ3) is 12.2. The number of allylic oxidation sites excluding steroid dienone is 1. The first-order valence-corrected chi connectivity index (χ1v) is 8.10. The zero-order valence-electron chi connectivity index (χ0n) is 14.5. The zero-order valence-corrected chi connectivity index (χ0v) is 16.5. The van der Waals surface area contributed by atoms with Crippen LogP contribution in [0.4, 0.5) is 0 Å². The second-order valence-electron chi connectivity index (χ2n) is 5.64. The summed E-state index contributed by atoms with van der Waals surface area (Å²) < 4.78 is 0. The van der Waals surface area contributed by atoms with E-state index in [2.05, 4.69) is 11.6 Å². The Balaban J connectivity index is 0. The minimum atomic E-state index is -1.00. The van der Waals surface area contributed by atoms with E-state index < -0.39 is 12.0 Å². The van der Waals surface area contributed by atoms with Crippen LogP contribution in [0.2, 0.25) is 0 Å². The zero-order chi connectivity index (χ0) is 16.1. The molecule has 0 heterocycles. The summed E-state index contributed by atoms with van der Waals surface area (Å²) in [6.45, 7) is 7.42. The predicted molar refractivity (Wildman–Crippen MR) is 85.4 cm³/mol. The molecule has 0 saturated heterocycles. The number of hydrogen-bond donors (Lipinski definition) is 1. The molecule has 2 atom stereocenters. The number of unbranched alkanes of at least 4 members (excludes halogenated alkanes) is 6. The Labute approximate surface area is 157 Å². The predicted octanol–water partition coefficient (Wildman–Crippen LogP) is 0.555. The van der Waals surface area contributed by atoms with Crippen LogP contribution in [-0.2, 0) is 4.79 Å². The van der Waals surface area contributed by atoms with E-state index in [4.69, 9.17) is 5.11 Å². The minimum absolute atomic E-state index is 0. The van der Waals surface area contributed by atoms with E-state index in [9.17, 15) is 9.90 Å². The van der Waals surface area contributed by atoms with Gasteiger partial charge in [0.15, 0.2) is 0 Å². The van der Waals surface area contributed by atoms with Gasteiger partial charge in [-0.15, -0.1) is 6.58 Å². The van der Waals surface area contributed by atoms with Crippen LogP contribution in [0.15, 0.2) is 17.6 Å². The summed E-state index contributed by atoms with van der Waals surface area (Å²) in [7, 11) is 0. The van der Waals surface area contributed by atoms with Crippen molar-refractivity contribution in [2.75, 3.05) is 0 Å². The molecule has 0 rings (SSSR count). The largest absolute Gasteiger partial charge is 1.00 e. The number of aliphatic carboxylic acids is 1. The summed E-state index contributed by atoms with van der Waals surface area (Å²) in [4.78, 5) is 14.9. The van der Waals surface area contributed by atoms with Crippen LogP contribution >= 0.6 is 0 Å². The van der Waals surface area contributed by atoms with Crippen LogP contribution < -0.4 is 34.7 Å². The molecule has 122 valence electrons. The third-order valence-corrected chi connectivity index (χ3v) is 3.77. The Morgan fingerprint density at radius 1 is 1.23 bits per heavy atom. The molecule has 0 unspecified atom stereocenters. The molecule has 0 spiro atoms. The molecule has 22 heavy (non-hydrogen) atoms. The maximum atomic E-state index is 11.7. The first-order chi connectivity index (χ1) is 10.0. The van der Waals surface area contributed by atoms with E-state index in [0.717, 1.165) is 25.7 Å². The first-order valence-electron chi connectivity index (χ1n) is 8.10. The smallest absolute Gasteiger partial charge is 0.862 e. The van der Waals surface area contributed by atoms with Crippen molar-refractivity contribution in [3.63, 3.8) is 0 Å². The number of carboxylic acids is 1. The molecule has 4 nitrogen and oxygen atoms in total. The minimum Gasteiger partial charge on any atom is -0.862 e. The number of rotatable bonds is 13. The number of aliphatic imine (C=N–C) groups is 1. The fourth-order valence-electron chi connectivity index (χ4n) is 2.14. The molecule has 0 aliphatic heterocycles. The molecule has 0 aromatic heterocycles. The summed E-state index contributed by atoms with van der Waals surface area (Å²) >= 11 is 0. The van der Waals surface area contributed by atoms with Crippen molar-refractivity contribution in [1.29, 1.82) is 0 Å². The van der Waals surface area contributed by atoms with Gasteiger partial charge in [0, 0.05) is 0 Å². The van der Waals surface area contributed by atoms with E-state index in [-0.39, 0.29) is 41.4 Å². The van der Waals surface area contributed by atoms with Crippen molar-refractivity contribution >= 4 is 11.9 Å². The Kier molecular flexibility index (Phi) is 16.9. The van der Waals surface area contributed by atoms with Gasteiger partial charge < -0.3 is 10.2 Å². The standard InChI is InChI=1S/C17H31NO3.Na/c1-4-6-7-8-9-10-11-12-13-15(19)18-16(17(20)21)14(3)5-2;/h4,14,16H,1,5-13H2,2-3H3,(H,18,19)(H,20,21);/q;+1/p-1/t14-,16-;/m0./s1. The Morgan fingerprint density at radius 3 is 2.27 bits per heavy atom. The van der Waals surface area contributed by atoms with Gasteiger partial charge in [-0.05, 0) is 37.5 Å². The maximum Gasteiger partial charge on any atom is 1.00 e. The van der Waals surface area contributed by atoms with Crippen molar-refractivity contribution in [2.24, 2.45) is 10.9 Å². The van der Waals surface area contributed by atoms with Gasteiger partial charge in [0.1, 0.15) is 6.04 Å². The van der Waals surface area contributed by atoms with Gasteiger partial charge in [0.2, 0.25) is 0 Å². The van der Waals surface area contributed by atoms with Crippen LogP contribution in [-0.4, -0.2) is 23.0 Å². The third-order valence-electron chi connectivity index (χ3n) is 3.77. The summed E-state index contributed by atoms with van der Waals surface area (Å²) in [5.74, 6) is -1.37. The number of carbonyl (C=O) groups is 1. The van der Waals surface area contributed by atoms with E-state index in [1.807, 2.05) is 19.9 Å². The van der Waals surface area contributed by atoms with E-state index in [1.54, 1.807) is 0 Å². The van der Waals surface area contributed by atoms with E-state index >= 15 is 0 Å². The van der Waals surface area contributed by atoms with Crippen LogP contribution in [0.5, 0.6) is 0 Å². The van der Waals surface area contributed by atoms with Gasteiger partial charge in [0.25, 0.3) is 0 Å². The topological polar surface area (TPSA) is 72.7 Å². The van der Waals surface area contributed by atoms with Crippen molar-refractivity contribution in [3.8, 4) is 0 Å². The maximum absolute atomic E-state index is 11.7.